The minimum Gasteiger partial charge on any atom is -0.478 e. The first-order chi connectivity index (χ1) is 11.0. The number of amides is 1. The molecular formula is C17H11ClN2O3. The third-order valence-corrected chi connectivity index (χ3v) is 3.32. The van der Waals surface area contributed by atoms with Crippen LogP contribution in [0.3, 0.4) is 0 Å². The monoisotopic (exact) mass is 326 g/mol. The number of nitrogens with one attached hydrogen (secondary N) is 1. The van der Waals surface area contributed by atoms with E-state index in [4.69, 9.17) is 22.0 Å². The molecule has 2 aromatic rings. The van der Waals surface area contributed by atoms with E-state index in [2.05, 4.69) is 5.32 Å². The van der Waals surface area contributed by atoms with Gasteiger partial charge in [0.1, 0.15) is 11.6 Å². The topological polar surface area (TPSA) is 90.2 Å². The first-order valence-electron chi connectivity index (χ1n) is 6.53. The molecule has 0 saturated carbocycles. The predicted octanol–water partition coefficient (Wildman–Crippen LogP) is 3.58. The van der Waals surface area contributed by atoms with E-state index in [9.17, 15) is 9.59 Å². The minimum atomic E-state index is -1.17. The molecule has 0 saturated heterocycles. The van der Waals surface area contributed by atoms with Gasteiger partial charge in [0.25, 0.3) is 5.91 Å². The van der Waals surface area contributed by atoms with E-state index in [1.807, 2.05) is 0 Å². The van der Waals surface area contributed by atoms with Gasteiger partial charge in [-0.15, -0.1) is 0 Å². The van der Waals surface area contributed by atoms with Crippen LogP contribution in [0.15, 0.2) is 54.1 Å². The number of anilines is 1. The number of para-hydroxylation sites is 1. The standard InChI is InChI=1S/C17H11ClN2O3/c18-14-7-3-1-5-11(14)9-12(10-19)16(21)20-15-8-4-2-6-13(15)17(22)23/h1-9H,(H,20,21)(H,22,23)/b12-9+. The van der Waals surface area contributed by atoms with Crippen LogP contribution in [-0.2, 0) is 4.79 Å². The maximum atomic E-state index is 12.2. The highest BCUT2D eigenvalue weighted by molar-refractivity contribution is 6.32. The van der Waals surface area contributed by atoms with Gasteiger partial charge in [-0.2, -0.15) is 5.26 Å². The Morgan fingerprint density at radius 1 is 1.13 bits per heavy atom. The largest absolute Gasteiger partial charge is 0.478 e. The van der Waals surface area contributed by atoms with Gasteiger partial charge >= 0.3 is 5.97 Å². The van der Waals surface area contributed by atoms with Crippen LogP contribution < -0.4 is 5.32 Å². The molecular weight excluding hydrogens is 316 g/mol. The summed E-state index contributed by atoms with van der Waals surface area (Å²) in [5, 5.41) is 21.1. The number of carbonyl (C=O) groups excluding carboxylic acids is 1. The molecule has 114 valence electrons. The Bertz CT molecular complexity index is 838. The molecule has 0 atom stereocenters. The number of carbonyl (C=O) groups is 2. The van der Waals surface area contributed by atoms with Crippen molar-refractivity contribution in [1.29, 1.82) is 5.26 Å². The van der Waals surface area contributed by atoms with Crippen LogP contribution in [0.25, 0.3) is 6.08 Å². The molecule has 0 heterocycles. The van der Waals surface area contributed by atoms with Gasteiger partial charge in [-0.3, -0.25) is 4.79 Å². The number of aromatic carboxylic acids is 1. The zero-order valence-electron chi connectivity index (χ0n) is 11.8. The summed E-state index contributed by atoms with van der Waals surface area (Å²) >= 11 is 5.99. The Morgan fingerprint density at radius 3 is 2.43 bits per heavy atom. The fraction of sp³-hybridized carbons (Fsp3) is 0. The molecule has 0 aliphatic carbocycles. The predicted molar refractivity (Wildman–Crippen MR) is 87.1 cm³/mol. The van der Waals surface area contributed by atoms with Crippen molar-refractivity contribution in [1.82, 2.24) is 0 Å². The zero-order valence-corrected chi connectivity index (χ0v) is 12.5. The Kier molecular flexibility index (Phi) is 5.13. The lowest BCUT2D eigenvalue weighted by atomic mass is 10.1. The van der Waals surface area contributed by atoms with E-state index in [-0.39, 0.29) is 16.8 Å². The zero-order chi connectivity index (χ0) is 16.8. The molecule has 0 aromatic heterocycles. The summed E-state index contributed by atoms with van der Waals surface area (Å²) < 4.78 is 0. The molecule has 0 aliphatic heterocycles. The van der Waals surface area contributed by atoms with E-state index in [0.717, 1.165) is 0 Å². The molecule has 2 N–H and O–H groups in total. The molecule has 0 radical (unpaired) electrons. The SMILES string of the molecule is N#C/C(=C\c1ccccc1Cl)C(=O)Nc1ccccc1C(=O)O. The van der Waals surface area contributed by atoms with Crippen molar-refractivity contribution in [2.45, 2.75) is 0 Å². The van der Waals surface area contributed by atoms with Crippen molar-refractivity contribution in [3.8, 4) is 6.07 Å². The molecule has 0 spiro atoms. The summed E-state index contributed by atoms with van der Waals surface area (Å²) in [6.45, 7) is 0. The lowest BCUT2D eigenvalue weighted by Gasteiger charge is -2.07. The van der Waals surface area contributed by atoms with Crippen LogP contribution in [0.2, 0.25) is 5.02 Å². The van der Waals surface area contributed by atoms with E-state index in [0.29, 0.717) is 10.6 Å². The number of hydrogen-bond donors (Lipinski definition) is 2. The quantitative estimate of drug-likeness (QED) is 0.663. The van der Waals surface area contributed by atoms with Crippen molar-refractivity contribution in [2.24, 2.45) is 0 Å². The second-order valence-electron chi connectivity index (χ2n) is 4.50. The van der Waals surface area contributed by atoms with Crippen molar-refractivity contribution >= 4 is 35.2 Å². The van der Waals surface area contributed by atoms with E-state index in [1.54, 1.807) is 42.5 Å². The summed E-state index contributed by atoms with van der Waals surface area (Å²) in [5.41, 5.74) is 0.395. The van der Waals surface area contributed by atoms with E-state index < -0.39 is 11.9 Å². The number of benzene rings is 2. The number of nitrogens with zero attached hydrogens (tertiary/aromatic N) is 1. The van der Waals surface area contributed by atoms with Gasteiger partial charge in [0, 0.05) is 5.02 Å². The molecule has 1 amide bonds. The highest BCUT2D eigenvalue weighted by atomic mass is 35.5. The maximum absolute atomic E-state index is 12.2. The number of hydrogen-bond acceptors (Lipinski definition) is 3. The summed E-state index contributed by atoms with van der Waals surface area (Å²) in [5.74, 6) is -1.88. The van der Waals surface area contributed by atoms with Gasteiger partial charge in [0.05, 0.1) is 11.3 Å². The fourth-order valence-electron chi connectivity index (χ4n) is 1.86. The van der Waals surface area contributed by atoms with Gasteiger partial charge in [-0.1, -0.05) is 41.9 Å². The smallest absolute Gasteiger partial charge is 0.337 e. The average molecular weight is 327 g/mol. The highest BCUT2D eigenvalue weighted by Crippen LogP contribution is 2.20. The van der Waals surface area contributed by atoms with Gasteiger partial charge in [-0.25, -0.2) is 4.79 Å². The number of carboxylic acids is 1. The van der Waals surface area contributed by atoms with Crippen molar-refractivity contribution in [3.05, 3.63) is 70.3 Å². The molecule has 2 aromatic carbocycles. The van der Waals surface area contributed by atoms with Gasteiger partial charge in [-0.05, 0) is 29.8 Å². The molecule has 0 aliphatic rings. The summed E-state index contributed by atoms with van der Waals surface area (Å²) in [7, 11) is 0. The van der Waals surface area contributed by atoms with Crippen LogP contribution in [0.4, 0.5) is 5.69 Å². The van der Waals surface area contributed by atoms with Crippen LogP contribution in [-0.4, -0.2) is 17.0 Å². The summed E-state index contributed by atoms with van der Waals surface area (Å²) in [4.78, 5) is 23.3. The summed E-state index contributed by atoms with van der Waals surface area (Å²) in [6, 6.07) is 14.5. The van der Waals surface area contributed by atoms with Crippen molar-refractivity contribution in [2.75, 3.05) is 5.32 Å². The first-order valence-corrected chi connectivity index (χ1v) is 6.90. The van der Waals surface area contributed by atoms with Crippen LogP contribution in [0.1, 0.15) is 15.9 Å². The normalized spacial score (nSPS) is 10.7. The molecule has 0 unspecified atom stereocenters. The Balaban J connectivity index is 2.31. The third kappa shape index (κ3) is 3.96. The van der Waals surface area contributed by atoms with Crippen LogP contribution >= 0.6 is 11.6 Å². The average Bonchev–Trinajstić information content (AvgIpc) is 2.54. The minimum absolute atomic E-state index is 0.0594. The molecule has 6 heteroatoms. The maximum Gasteiger partial charge on any atom is 0.337 e. The first kappa shape index (κ1) is 16.3. The second kappa shape index (κ2) is 7.25. The van der Waals surface area contributed by atoms with Crippen molar-refractivity contribution in [3.63, 3.8) is 0 Å². The Labute approximate surface area is 137 Å². The Hall–Kier alpha value is -3.10. The lowest BCUT2D eigenvalue weighted by molar-refractivity contribution is -0.112. The Morgan fingerprint density at radius 2 is 1.78 bits per heavy atom. The van der Waals surface area contributed by atoms with Gasteiger partial charge in [0.2, 0.25) is 0 Å². The summed E-state index contributed by atoms with van der Waals surface area (Å²) in [6.07, 6.45) is 1.35. The number of rotatable bonds is 4. The number of nitriles is 1. The number of halogens is 1. The molecule has 23 heavy (non-hydrogen) atoms. The molecule has 0 bridgehead atoms. The highest BCUT2D eigenvalue weighted by Gasteiger charge is 2.15. The molecule has 0 fully saturated rings. The van der Waals surface area contributed by atoms with Gasteiger partial charge in [0.15, 0.2) is 0 Å². The van der Waals surface area contributed by atoms with E-state index in [1.165, 1.54) is 18.2 Å². The van der Waals surface area contributed by atoms with Gasteiger partial charge < -0.3 is 10.4 Å². The van der Waals surface area contributed by atoms with Crippen LogP contribution in [0.5, 0.6) is 0 Å². The molecule has 5 nitrogen and oxygen atoms in total. The van der Waals surface area contributed by atoms with Crippen LogP contribution in [0, 0.1) is 11.3 Å². The number of carboxylic acid groups (broad SMARTS) is 1. The fourth-order valence-corrected chi connectivity index (χ4v) is 2.05. The van der Waals surface area contributed by atoms with E-state index >= 15 is 0 Å². The second-order valence-corrected chi connectivity index (χ2v) is 4.90. The third-order valence-electron chi connectivity index (χ3n) is 2.98. The lowest BCUT2D eigenvalue weighted by Crippen LogP contribution is -2.16. The molecule has 2 rings (SSSR count). The van der Waals surface area contributed by atoms with Crippen molar-refractivity contribution < 1.29 is 14.7 Å².